The first-order valence-electron chi connectivity index (χ1n) is 12.0. The van der Waals surface area contributed by atoms with Crippen LogP contribution in [-0.2, 0) is 13.0 Å². The quantitative estimate of drug-likeness (QED) is 0.545. The number of carbonyl (C=O) groups excluding carboxylic acids is 1. The maximum atomic E-state index is 13.5. The molecule has 6 rings (SSSR count). The number of nitrogens with zero attached hydrogens (tertiary/aromatic N) is 5. The predicted molar refractivity (Wildman–Crippen MR) is 127 cm³/mol. The fraction of sp³-hybridized carbons (Fsp3) is 0.423. The Morgan fingerprint density at radius 2 is 2.11 bits per heavy atom. The Kier molecular flexibility index (Phi) is 5.44. The van der Waals surface area contributed by atoms with Crippen LogP contribution in [-0.4, -0.2) is 52.2 Å². The summed E-state index contributed by atoms with van der Waals surface area (Å²) in [4.78, 5) is 22.7. The van der Waals surface area contributed by atoms with Gasteiger partial charge in [-0.05, 0) is 36.6 Å². The van der Waals surface area contributed by atoms with Crippen molar-refractivity contribution in [1.82, 2.24) is 25.5 Å². The molecule has 1 aromatic carbocycles. The van der Waals surface area contributed by atoms with Gasteiger partial charge in [-0.3, -0.25) is 9.78 Å². The second kappa shape index (κ2) is 8.64. The lowest BCUT2D eigenvalue weighted by molar-refractivity contribution is -0.0350. The monoisotopic (exact) mass is 474 g/mol. The number of fused-ring (bicyclic) bond motifs is 1. The number of hydrogen-bond donors (Lipinski definition) is 1. The minimum atomic E-state index is -0.433. The smallest absolute Gasteiger partial charge is 0.154 e. The largest absolute Gasteiger partial charge is 0.490 e. The number of benzene rings is 1. The Balaban J connectivity index is 1.10. The van der Waals surface area contributed by atoms with Crippen molar-refractivity contribution >= 4 is 12.1 Å². The van der Waals surface area contributed by atoms with Gasteiger partial charge in [0.2, 0.25) is 0 Å². The molecule has 4 heterocycles. The fourth-order valence-electron chi connectivity index (χ4n) is 5.74. The molecule has 180 valence electrons. The summed E-state index contributed by atoms with van der Waals surface area (Å²) >= 11 is 0. The van der Waals surface area contributed by atoms with E-state index in [0.29, 0.717) is 35.4 Å². The average Bonchev–Trinajstić information content (AvgIpc) is 2.82. The number of carbonyl (C=O) groups is 1. The topological polar surface area (TPSA) is 93.1 Å². The van der Waals surface area contributed by atoms with Crippen LogP contribution in [0.5, 0.6) is 5.75 Å². The third-order valence-corrected chi connectivity index (χ3v) is 7.49. The van der Waals surface area contributed by atoms with Crippen molar-refractivity contribution < 1.29 is 13.9 Å². The van der Waals surface area contributed by atoms with Gasteiger partial charge in [0, 0.05) is 61.3 Å². The lowest BCUT2D eigenvalue weighted by Gasteiger charge is -2.59. The van der Waals surface area contributed by atoms with E-state index < -0.39 is 5.82 Å². The van der Waals surface area contributed by atoms with Gasteiger partial charge in [0.1, 0.15) is 36.0 Å². The molecule has 1 unspecified atom stereocenters. The third-order valence-electron chi connectivity index (χ3n) is 7.49. The van der Waals surface area contributed by atoms with Crippen molar-refractivity contribution in [2.75, 3.05) is 24.5 Å². The van der Waals surface area contributed by atoms with Crippen LogP contribution in [0.1, 0.15) is 58.6 Å². The lowest BCUT2D eigenvalue weighted by atomic mass is 9.61. The highest BCUT2D eigenvalue weighted by Gasteiger charge is 2.54. The van der Waals surface area contributed by atoms with Crippen LogP contribution in [0, 0.1) is 11.2 Å². The Labute approximate surface area is 203 Å². The molecule has 1 aliphatic carbocycles. The standard InChI is InChI=1S/C26H27FN6O2/c1-16-10-28-11-21-23(4-5-29-24(16)21)35-20-8-26(9-20)13-33(14-26)25-22(32-31-15-30-25)7-17-2-3-19(27)6-18(17)12-34/h2-6,12,15-16,20,28H,7-11,13-14H2,1H3. The summed E-state index contributed by atoms with van der Waals surface area (Å²) in [6.07, 6.45) is 6.57. The third kappa shape index (κ3) is 4.03. The highest BCUT2D eigenvalue weighted by atomic mass is 19.1. The molecule has 1 saturated carbocycles. The fourth-order valence-corrected chi connectivity index (χ4v) is 5.74. The molecule has 3 aliphatic rings. The Bertz CT molecular complexity index is 1270. The van der Waals surface area contributed by atoms with E-state index in [2.05, 4.69) is 37.3 Å². The number of pyridine rings is 1. The molecule has 35 heavy (non-hydrogen) atoms. The summed E-state index contributed by atoms with van der Waals surface area (Å²) in [7, 11) is 0. The summed E-state index contributed by atoms with van der Waals surface area (Å²) in [5.41, 5.74) is 4.29. The number of hydrogen-bond acceptors (Lipinski definition) is 8. The first-order valence-corrected chi connectivity index (χ1v) is 12.0. The molecule has 2 fully saturated rings. The van der Waals surface area contributed by atoms with Crippen LogP contribution in [0.15, 0.2) is 36.8 Å². The van der Waals surface area contributed by atoms with Crippen LogP contribution in [0.2, 0.25) is 0 Å². The van der Waals surface area contributed by atoms with Gasteiger partial charge in [-0.2, -0.15) is 0 Å². The van der Waals surface area contributed by atoms with Gasteiger partial charge in [-0.1, -0.05) is 13.0 Å². The minimum Gasteiger partial charge on any atom is -0.490 e. The van der Waals surface area contributed by atoms with Gasteiger partial charge < -0.3 is 15.0 Å². The minimum absolute atomic E-state index is 0.207. The van der Waals surface area contributed by atoms with Gasteiger partial charge in [0.15, 0.2) is 5.82 Å². The SMILES string of the molecule is CC1CNCc2c(OC3CC4(C3)CN(c3ncnnc3Cc3ccc(F)cc3C=O)C4)ccnc21. The van der Waals surface area contributed by atoms with Crippen LogP contribution < -0.4 is 15.0 Å². The zero-order valence-corrected chi connectivity index (χ0v) is 19.6. The number of anilines is 1. The van der Waals surface area contributed by atoms with E-state index in [-0.39, 0.29) is 11.5 Å². The molecule has 0 bridgehead atoms. The Morgan fingerprint density at radius 1 is 1.26 bits per heavy atom. The summed E-state index contributed by atoms with van der Waals surface area (Å²) in [5, 5.41) is 11.7. The lowest BCUT2D eigenvalue weighted by Crippen LogP contribution is -2.65. The molecule has 8 nitrogen and oxygen atoms in total. The summed E-state index contributed by atoms with van der Waals surface area (Å²) in [5.74, 6) is 1.69. The van der Waals surface area contributed by atoms with Gasteiger partial charge in [0.25, 0.3) is 0 Å². The molecule has 2 aliphatic heterocycles. The molecular formula is C26H27FN6O2. The van der Waals surface area contributed by atoms with Crippen molar-refractivity contribution in [1.29, 1.82) is 0 Å². The summed E-state index contributed by atoms with van der Waals surface area (Å²) in [6.45, 7) is 5.71. The second-order valence-corrected chi connectivity index (χ2v) is 10.1. The Hall–Kier alpha value is -3.46. The van der Waals surface area contributed by atoms with E-state index in [1.165, 1.54) is 24.0 Å². The molecule has 1 spiro atoms. The van der Waals surface area contributed by atoms with E-state index in [0.717, 1.165) is 56.3 Å². The van der Waals surface area contributed by atoms with Crippen molar-refractivity contribution in [3.63, 3.8) is 0 Å². The van der Waals surface area contributed by atoms with Crippen LogP contribution in [0.4, 0.5) is 10.2 Å². The predicted octanol–water partition coefficient (Wildman–Crippen LogP) is 3.06. The van der Waals surface area contributed by atoms with E-state index >= 15 is 0 Å². The molecule has 1 N–H and O–H groups in total. The normalized spacial score (nSPS) is 20.6. The van der Waals surface area contributed by atoms with Crippen molar-refractivity contribution in [2.45, 2.75) is 44.8 Å². The molecule has 1 saturated heterocycles. The van der Waals surface area contributed by atoms with E-state index in [1.807, 2.05) is 12.3 Å². The molecule has 1 atom stereocenters. The first kappa shape index (κ1) is 22.0. The van der Waals surface area contributed by atoms with Gasteiger partial charge in [-0.25, -0.2) is 9.37 Å². The van der Waals surface area contributed by atoms with Crippen LogP contribution in [0.3, 0.4) is 0 Å². The van der Waals surface area contributed by atoms with Crippen molar-refractivity contribution in [3.8, 4) is 5.75 Å². The molecule has 2 aromatic heterocycles. The first-order chi connectivity index (χ1) is 17.0. The number of halogens is 1. The summed E-state index contributed by atoms with van der Waals surface area (Å²) in [6, 6.07) is 6.21. The average molecular weight is 475 g/mol. The van der Waals surface area contributed by atoms with Crippen LogP contribution >= 0.6 is 0 Å². The second-order valence-electron chi connectivity index (χ2n) is 10.1. The number of rotatable bonds is 6. The highest BCUT2D eigenvalue weighted by molar-refractivity contribution is 5.77. The maximum absolute atomic E-state index is 13.5. The van der Waals surface area contributed by atoms with Gasteiger partial charge >= 0.3 is 0 Å². The highest BCUT2D eigenvalue weighted by Crippen LogP contribution is 2.51. The number of aromatic nitrogens is 4. The van der Waals surface area contributed by atoms with Crippen LogP contribution in [0.25, 0.3) is 0 Å². The molecular weight excluding hydrogens is 447 g/mol. The van der Waals surface area contributed by atoms with E-state index in [9.17, 15) is 9.18 Å². The van der Waals surface area contributed by atoms with Crippen molar-refractivity contribution in [3.05, 3.63) is 70.7 Å². The molecule has 9 heteroatoms. The zero-order valence-electron chi connectivity index (χ0n) is 19.6. The van der Waals surface area contributed by atoms with E-state index in [4.69, 9.17) is 4.74 Å². The molecule has 0 radical (unpaired) electrons. The molecule has 0 amide bonds. The van der Waals surface area contributed by atoms with Gasteiger partial charge in [0.05, 0.1) is 5.69 Å². The van der Waals surface area contributed by atoms with Crippen molar-refractivity contribution in [2.24, 2.45) is 5.41 Å². The number of nitrogens with one attached hydrogen (secondary N) is 1. The van der Waals surface area contributed by atoms with Gasteiger partial charge in [-0.15, -0.1) is 10.2 Å². The molecule has 3 aromatic rings. The number of ether oxygens (including phenoxy) is 1. The van der Waals surface area contributed by atoms with E-state index in [1.54, 1.807) is 6.07 Å². The maximum Gasteiger partial charge on any atom is 0.154 e. The zero-order chi connectivity index (χ0) is 24.0. The number of aldehydes is 1. The summed E-state index contributed by atoms with van der Waals surface area (Å²) < 4.78 is 19.9. The Morgan fingerprint density at radius 3 is 2.94 bits per heavy atom.